The molecule has 18 heavy (non-hydrogen) atoms. The van der Waals surface area contributed by atoms with E-state index in [-0.39, 0.29) is 0 Å². The third kappa shape index (κ3) is 3.60. The average Bonchev–Trinajstić information content (AvgIpc) is 2.40. The molecular formula is C16H22N2. The quantitative estimate of drug-likeness (QED) is 0.815. The van der Waals surface area contributed by atoms with Gasteiger partial charge in [0.2, 0.25) is 0 Å². The van der Waals surface area contributed by atoms with Gasteiger partial charge in [0.15, 0.2) is 0 Å². The van der Waals surface area contributed by atoms with E-state index in [1.165, 1.54) is 18.4 Å². The number of nitrogens with zero attached hydrogens (tertiary/aromatic N) is 1. The lowest BCUT2D eigenvalue weighted by molar-refractivity contribution is 0.130. The number of hydrogen-bond donors (Lipinski definition) is 1. The molecule has 1 N–H and O–H groups in total. The standard InChI is InChI=1S/C16H22N2/c1-3-10-17-16-9-11-18(14(2)12-16)13-15-7-5-4-6-8-15/h1,4-8,14,16-17H,9-13H2,2H3. The van der Waals surface area contributed by atoms with Gasteiger partial charge in [0.05, 0.1) is 6.54 Å². The molecule has 2 nitrogen and oxygen atoms in total. The van der Waals surface area contributed by atoms with E-state index in [1.54, 1.807) is 0 Å². The molecule has 2 rings (SSSR count). The van der Waals surface area contributed by atoms with E-state index in [0.29, 0.717) is 18.6 Å². The summed E-state index contributed by atoms with van der Waals surface area (Å²) in [5.74, 6) is 2.66. The molecule has 2 atom stereocenters. The monoisotopic (exact) mass is 242 g/mol. The Morgan fingerprint density at radius 2 is 2.17 bits per heavy atom. The minimum atomic E-state index is 0.586. The topological polar surface area (TPSA) is 15.3 Å². The highest BCUT2D eigenvalue weighted by Gasteiger charge is 2.24. The molecule has 1 saturated heterocycles. The fraction of sp³-hybridized carbons (Fsp3) is 0.500. The second-order valence-corrected chi connectivity index (χ2v) is 5.11. The predicted molar refractivity (Wildman–Crippen MR) is 76.2 cm³/mol. The van der Waals surface area contributed by atoms with E-state index in [1.807, 2.05) is 0 Å². The Hall–Kier alpha value is -1.30. The van der Waals surface area contributed by atoms with Gasteiger partial charge in [0, 0.05) is 25.2 Å². The van der Waals surface area contributed by atoms with E-state index >= 15 is 0 Å². The van der Waals surface area contributed by atoms with Gasteiger partial charge in [-0.15, -0.1) is 6.42 Å². The van der Waals surface area contributed by atoms with Gasteiger partial charge in [-0.05, 0) is 25.3 Å². The largest absolute Gasteiger partial charge is 0.303 e. The summed E-state index contributed by atoms with van der Waals surface area (Å²) in [6.07, 6.45) is 7.67. The van der Waals surface area contributed by atoms with Crippen molar-refractivity contribution in [2.45, 2.75) is 38.4 Å². The van der Waals surface area contributed by atoms with Crippen molar-refractivity contribution in [3.8, 4) is 12.3 Å². The predicted octanol–water partition coefficient (Wildman–Crippen LogP) is 2.26. The van der Waals surface area contributed by atoms with Crippen molar-refractivity contribution in [2.75, 3.05) is 13.1 Å². The summed E-state index contributed by atoms with van der Waals surface area (Å²) in [4.78, 5) is 2.56. The maximum absolute atomic E-state index is 5.29. The molecule has 0 amide bonds. The molecule has 1 aliphatic rings. The zero-order valence-electron chi connectivity index (χ0n) is 11.1. The van der Waals surface area contributed by atoms with Crippen LogP contribution in [0.25, 0.3) is 0 Å². The van der Waals surface area contributed by atoms with Crippen LogP contribution >= 0.6 is 0 Å². The molecule has 2 heteroatoms. The molecule has 1 aromatic rings. The maximum atomic E-state index is 5.29. The minimum Gasteiger partial charge on any atom is -0.303 e. The summed E-state index contributed by atoms with van der Waals surface area (Å²) < 4.78 is 0. The van der Waals surface area contributed by atoms with E-state index in [0.717, 1.165) is 13.1 Å². The third-order valence-electron chi connectivity index (χ3n) is 3.74. The minimum absolute atomic E-state index is 0.586. The normalized spacial score (nSPS) is 24.7. The SMILES string of the molecule is C#CCNC1CCN(Cc2ccccc2)C(C)C1. The van der Waals surface area contributed by atoms with Crippen molar-refractivity contribution >= 4 is 0 Å². The highest BCUT2D eigenvalue weighted by atomic mass is 15.2. The lowest BCUT2D eigenvalue weighted by atomic mass is 9.97. The van der Waals surface area contributed by atoms with Gasteiger partial charge in [0.1, 0.15) is 0 Å². The maximum Gasteiger partial charge on any atom is 0.0575 e. The zero-order chi connectivity index (χ0) is 12.8. The van der Waals surface area contributed by atoms with Crippen LogP contribution < -0.4 is 5.32 Å². The Kier molecular flexibility index (Phi) is 4.81. The summed E-state index contributed by atoms with van der Waals surface area (Å²) >= 11 is 0. The lowest BCUT2D eigenvalue weighted by Gasteiger charge is -2.38. The number of likely N-dealkylation sites (tertiary alicyclic amines) is 1. The molecule has 1 aromatic carbocycles. The molecule has 0 saturated carbocycles. The summed E-state index contributed by atoms with van der Waals surface area (Å²) in [6.45, 7) is 5.21. The molecule has 0 spiro atoms. The van der Waals surface area contributed by atoms with Crippen LogP contribution in [-0.2, 0) is 6.54 Å². The first-order chi connectivity index (χ1) is 8.79. The van der Waals surface area contributed by atoms with E-state index in [2.05, 4.69) is 53.4 Å². The molecule has 0 bridgehead atoms. The Morgan fingerprint density at radius 3 is 2.83 bits per heavy atom. The first kappa shape index (κ1) is 13.1. The van der Waals surface area contributed by atoms with Crippen molar-refractivity contribution in [3.05, 3.63) is 35.9 Å². The second kappa shape index (κ2) is 6.58. The van der Waals surface area contributed by atoms with Crippen molar-refractivity contribution in [1.29, 1.82) is 0 Å². The molecular weight excluding hydrogens is 220 g/mol. The summed E-state index contributed by atoms with van der Waals surface area (Å²) in [5.41, 5.74) is 1.40. The van der Waals surface area contributed by atoms with Gasteiger partial charge in [-0.1, -0.05) is 36.3 Å². The Morgan fingerprint density at radius 1 is 1.39 bits per heavy atom. The van der Waals surface area contributed by atoms with Crippen molar-refractivity contribution in [2.24, 2.45) is 0 Å². The summed E-state index contributed by atoms with van der Waals surface area (Å²) in [7, 11) is 0. The Labute approximate surface area is 110 Å². The van der Waals surface area contributed by atoms with Crippen molar-refractivity contribution < 1.29 is 0 Å². The van der Waals surface area contributed by atoms with Crippen LogP contribution in [0, 0.1) is 12.3 Å². The first-order valence-corrected chi connectivity index (χ1v) is 6.74. The summed E-state index contributed by atoms with van der Waals surface area (Å²) in [6, 6.07) is 11.9. The molecule has 1 fully saturated rings. The fourth-order valence-electron chi connectivity index (χ4n) is 2.66. The van der Waals surface area contributed by atoms with Crippen molar-refractivity contribution in [1.82, 2.24) is 10.2 Å². The molecule has 2 unspecified atom stereocenters. The molecule has 1 aliphatic heterocycles. The van der Waals surface area contributed by atoms with Gasteiger partial charge >= 0.3 is 0 Å². The van der Waals surface area contributed by atoms with E-state index in [4.69, 9.17) is 6.42 Å². The van der Waals surface area contributed by atoms with Gasteiger partial charge in [-0.3, -0.25) is 4.90 Å². The number of terminal acetylenes is 1. The van der Waals surface area contributed by atoms with Crippen LogP contribution in [0.4, 0.5) is 0 Å². The molecule has 96 valence electrons. The van der Waals surface area contributed by atoms with Gasteiger partial charge in [-0.25, -0.2) is 0 Å². The number of piperidine rings is 1. The van der Waals surface area contributed by atoms with Crippen LogP contribution in [0.5, 0.6) is 0 Å². The first-order valence-electron chi connectivity index (χ1n) is 6.74. The number of benzene rings is 1. The van der Waals surface area contributed by atoms with Gasteiger partial charge in [0.25, 0.3) is 0 Å². The Balaban J connectivity index is 1.84. The highest BCUT2D eigenvalue weighted by Crippen LogP contribution is 2.19. The van der Waals surface area contributed by atoms with Crippen LogP contribution in [0.1, 0.15) is 25.3 Å². The molecule has 1 heterocycles. The fourth-order valence-corrected chi connectivity index (χ4v) is 2.66. The molecule has 0 aromatic heterocycles. The smallest absolute Gasteiger partial charge is 0.0575 e. The second-order valence-electron chi connectivity index (χ2n) is 5.11. The number of nitrogens with one attached hydrogen (secondary N) is 1. The highest BCUT2D eigenvalue weighted by molar-refractivity contribution is 5.14. The third-order valence-corrected chi connectivity index (χ3v) is 3.74. The molecule has 0 radical (unpaired) electrons. The van der Waals surface area contributed by atoms with Crippen LogP contribution in [-0.4, -0.2) is 30.1 Å². The number of rotatable bonds is 4. The number of hydrogen-bond acceptors (Lipinski definition) is 2. The Bertz CT molecular complexity index is 393. The van der Waals surface area contributed by atoms with Crippen LogP contribution in [0.15, 0.2) is 30.3 Å². The lowest BCUT2D eigenvalue weighted by Crippen LogP contribution is -2.47. The average molecular weight is 242 g/mol. The summed E-state index contributed by atoms with van der Waals surface area (Å²) in [5, 5.41) is 3.42. The van der Waals surface area contributed by atoms with Gasteiger partial charge < -0.3 is 5.32 Å². The van der Waals surface area contributed by atoms with Crippen LogP contribution in [0.2, 0.25) is 0 Å². The zero-order valence-corrected chi connectivity index (χ0v) is 11.1. The molecule has 0 aliphatic carbocycles. The van der Waals surface area contributed by atoms with Crippen LogP contribution in [0.3, 0.4) is 0 Å². The van der Waals surface area contributed by atoms with E-state index < -0.39 is 0 Å². The van der Waals surface area contributed by atoms with Gasteiger partial charge in [-0.2, -0.15) is 0 Å². The van der Waals surface area contributed by atoms with Crippen molar-refractivity contribution in [3.63, 3.8) is 0 Å². The van der Waals surface area contributed by atoms with E-state index in [9.17, 15) is 0 Å².